The van der Waals surface area contributed by atoms with E-state index >= 15 is 0 Å². The SMILES string of the molecule is CN(CCOCC1CC1)C(=O)c1ccn(C2CCCNC2)n1. The minimum absolute atomic E-state index is 0.0301. The van der Waals surface area contributed by atoms with Crippen molar-refractivity contribution in [2.24, 2.45) is 5.92 Å². The van der Waals surface area contributed by atoms with Crippen molar-refractivity contribution in [3.63, 3.8) is 0 Å². The van der Waals surface area contributed by atoms with Crippen LogP contribution in [0, 0.1) is 5.92 Å². The van der Waals surface area contributed by atoms with E-state index in [2.05, 4.69) is 10.4 Å². The summed E-state index contributed by atoms with van der Waals surface area (Å²) >= 11 is 0. The zero-order chi connectivity index (χ0) is 15.4. The molecule has 1 aromatic heterocycles. The lowest BCUT2D eigenvalue weighted by Gasteiger charge is -2.23. The molecule has 0 radical (unpaired) electrons. The van der Waals surface area contributed by atoms with Gasteiger partial charge in [-0.2, -0.15) is 5.10 Å². The van der Waals surface area contributed by atoms with Crippen LogP contribution in [0.25, 0.3) is 0 Å². The van der Waals surface area contributed by atoms with Gasteiger partial charge in [-0.15, -0.1) is 0 Å². The lowest BCUT2D eigenvalue weighted by Crippen LogP contribution is -2.33. The van der Waals surface area contributed by atoms with Crippen LogP contribution < -0.4 is 5.32 Å². The Morgan fingerprint density at radius 1 is 1.50 bits per heavy atom. The van der Waals surface area contributed by atoms with Gasteiger partial charge in [-0.05, 0) is 44.2 Å². The van der Waals surface area contributed by atoms with E-state index in [9.17, 15) is 4.79 Å². The minimum atomic E-state index is -0.0301. The Labute approximate surface area is 131 Å². The highest BCUT2D eigenvalue weighted by Gasteiger charge is 2.22. The van der Waals surface area contributed by atoms with Crippen LogP contribution in [0.15, 0.2) is 12.3 Å². The fourth-order valence-electron chi connectivity index (χ4n) is 2.75. The average molecular weight is 306 g/mol. The van der Waals surface area contributed by atoms with Crippen molar-refractivity contribution in [2.45, 2.75) is 31.7 Å². The second kappa shape index (κ2) is 7.24. The van der Waals surface area contributed by atoms with Gasteiger partial charge in [-0.1, -0.05) is 0 Å². The van der Waals surface area contributed by atoms with Crippen molar-refractivity contribution in [3.8, 4) is 0 Å². The number of ether oxygens (including phenoxy) is 1. The maximum atomic E-state index is 12.4. The predicted octanol–water partition coefficient (Wildman–Crippen LogP) is 1.31. The Morgan fingerprint density at radius 3 is 3.09 bits per heavy atom. The normalized spacial score (nSPS) is 21.8. The molecular weight excluding hydrogens is 280 g/mol. The fraction of sp³-hybridized carbons (Fsp3) is 0.750. The summed E-state index contributed by atoms with van der Waals surface area (Å²) in [5, 5.41) is 7.84. The van der Waals surface area contributed by atoms with Gasteiger partial charge in [0.1, 0.15) is 5.69 Å². The van der Waals surface area contributed by atoms with Gasteiger partial charge < -0.3 is 15.0 Å². The molecule has 1 aliphatic carbocycles. The molecule has 1 aliphatic heterocycles. The van der Waals surface area contributed by atoms with Crippen molar-refractivity contribution < 1.29 is 9.53 Å². The van der Waals surface area contributed by atoms with Gasteiger partial charge in [0.2, 0.25) is 0 Å². The van der Waals surface area contributed by atoms with Crippen LogP contribution in [0.3, 0.4) is 0 Å². The second-order valence-electron chi connectivity index (χ2n) is 6.43. The van der Waals surface area contributed by atoms with E-state index in [1.54, 1.807) is 4.90 Å². The minimum Gasteiger partial charge on any atom is -0.379 e. The van der Waals surface area contributed by atoms with Crippen molar-refractivity contribution in [3.05, 3.63) is 18.0 Å². The molecule has 1 atom stereocenters. The number of nitrogens with zero attached hydrogens (tertiary/aromatic N) is 3. The number of hydrogen-bond donors (Lipinski definition) is 1. The third-order valence-corrected chi connectivity index (χ3v) is 4.44. The highest BCUT2D eigenvalue weighted by molar-refractivity contribution is 5.91. The Morgan fingerprint density at radius 2 is 2.36 bits per heavy atom. The lowest BCUT2D eigenvalue weighted by atomic mass is 10.1. The number of carbonyl (C=O) groups excluding carboxylic acids is 1. The lowest BCUT2D eigenvalue weighted by molar-refractivity contribution is 0.0675. The van der Waals surface area contributed by atoms with Crippen LogP contribution in [-0.2, 0) is 4.74 Å². The Balaban J connectivity index is 1.46. The zero-order valence-electron chi connectivity index (χ0n) is 13.3. The molecule has 6 nitrogen and oxygen atoms in total. The monoisotopic (exact) mass is 306 g/mol. The first kappa shape index (κ1) is 15.5. The first-order valence-corrected chi connectivity index (χ1v) is 8.33. The summed E-state index contributed by atoms with van der Waals surface area (Å²) in [5.41, 5.74) is 0.523. The van der Waals surface area contributed by atoms with E-state index < -0.39 is 0 Å². The molecule has 1 saturated heterocycles. The van der Waals surface area contributed by atoms with Gasteiger partial charge in [-0.3, -0.25) is 9.48 Å². The van der Waals surface area contributed by atoms with Gasteiger partial charge in [0.25, 0.3) is 5.91 Å². The number of hydrogen-bond acceptors (Lipinski definition) is 4. The van der Waals surface area contributed by atoms with Crippen LogP contribution in [0.1, 0.15) is 42.2 Å². The summed E-state index contributed by atoms with van der Waals surface area (Å²) in [6, 6.07) is 2.18. The summed E-state index contributed by atoms with van der Waals surface area (Å²) in [7, 11) is 1.81. The summed E-state index contributed by atoms with van der Waals surface area (Å²) in [6.07, 6.45) is 6.78. The molecule has 1 amide bonds. The van der Waals surface area contributed by atoms with E-state index in [4.69, 9.17) is 4.74 Å². The molecule has 2 fully saturated rings. The van der Waals surface area contributed by atoms with Crippen LogP contribution in [-0.4, -0.2) is 60.5 Å². The Hall–Kier alpha value is -1.40. The number of nitrogens with one attached hydrogen (secondary N) is 1. The predicted molar refractivity (Wildman–Crippen MR) is 83.9 cm³/mol. The molecule has 122 valence electrons. The maximum absolute atomic E-state index is 12.4. The maximum Gasteiger partial charge on any atom is 0.274 e. The molecule has 1 saturated carbocycles. The third kappa shape index (κ3) is 4.08. The molecule has 0 spiro atoms. The highest BCUT2D eigenvalue weighted by Crippen LogP contribution is 2.28. The van der Waals surface area contributed by atoms with E-state index in [-0.39, 0.29) is 5.91 Å². The summed E-state index contributed by atoms with van der Waals surface area (Å²) < 4.78 is 7.51. The molecular formula is C16H26N4O2. The molecule has 0 bridgehead atoms. The Kier molecular flexibility index (Phi) is 5.10. The summed E-state index contributed by atoms with van der Waals surface area (Å²) in [5.74, 6) is 0.735. The Bertz CT molecular complexity index is 492. The summed E-state index contributed by atoms with van der Waals surface area (Å²) in [4.78, 5) is 14.1. The van der Waals surface area contributed by atoms with E-state index in [1.807, 2.05) is 24.0 Å². The molecule has 2 heterocycles. The van der Waals surface area contributed by atoms with Crippen LogP contribution in [0.5, 0.6) is 0 Å². The van der Waals surface area contributed by atoms with Gasteiger partial charge in [0.05, 0.1) is 12.6 Å². The quantitative estimate of drug-likeness (QED) is 0.772. The molecule has 2 aliphatic rings. The van der Waals surface area contributed by atoms with Crippen molar-refractivity contribution in [1.29, 1.82) is 0 Å². The standard InChI is InChI=1S/C16H26N4O2/c1-19(9-10-22-12-13-4-5-13)16(21)15-6-8-20(18-15)14-3-2-7-17-11-14/h6,8,13-14,17H,2-5,7,9-12H2,1H3. The first-order valence-electron chi connectivity index (χ1n) is 8.33. The number of amides is 1. The van der Waals surface area contributed by atoms with Gasteiger partial charge in [-0.25, -0.2) is 0 Å². The third-order valence-electron chi connectivity index (χ3n) is 4.44. The number of carbonyl (C=O) groups is 1. The van der Waals surface area contributed by atoms with E-state index in [1.165, 1.54) is 12.8 Å². The van der Waals surface area contributed by atoms with Crippen LogP contribution in [0.2, 0.25) is 0 Å². The van der Waals surface area contributed by atoms with E-state index in [0.717, 1.165) is 38.5 Å². The van der Waals surface area contributed by atoms with Crippen molar-refractivity contribution in [1.82, 2.24) is 20.0 Å². The average Bonchev–Trinajstić information content (AvgIpc) is 3.25. The topological polar surface area (TPSA) is 59.4 Å². The summed E-state index contributed by atoms with van der Waals surface area (Å²) in [6.45, 7) is 4.06. The zero-order valence-corrected chi connectivity index (χ0v) is 13.3. The molecule has 3 rings (SSSR count). The van der Waals surface area contributed by atoms with Crippen LogP contribution >= 0.6 is 0 Å². The number of aromatic nitrogens is 2. The number of piperidine rings is 1. The van der Waals surface area contributed by atoms with Gasteiger partial charge in [0, 0.05) is 32.9 Å². The molecule has 6 heteroatoms. The highest BCUT2D eigenvalue weighted by atomic mass is 16.5. The van der Waals surface area contributed by atoms with Crippen LogP contribution in [0.4, 0.5) is 0 Å². The molecule has 1 N–H and O–H groups in total. The van der Waals surface area contributed by atoms with Crippen molar-refractivity contribution >= 4 is 5.91 Å². The smallest absolute Gasteiger partial charge is 0.274 e. The molecule has 22 heavy (non-hydrogen) atoms. The molecule has 1 unspecified atom stereocenters. The number of likely N-dealkylation sites (N-methyl/N-ethyl adjacent to an activating group) is 1. The van der Waals surface area contributed by atoms with Crippen molar-refractivity contribution in [2.75, 3.05) is 39.9 Å². The molecule has 0 aromatic carbocycles. The number of rotatable bonds is 7. The van der Waals surface area contributed by atoms with Gasteiger partial charge >= 0.3 is 0 Å². The first-order chi connectivity index (χ1) is 10.7. The molecule has 1 aromatic rings. The van der Waals surface area contributed by atoms with Gasteiger partial charge in [0.15, 0.2) is 0 Å². The largest absolute Gasteiger partial charge is 0.379 e. The fourth-order valence-corrected chi connectivity index (χ4v) is 2.75. The second-order valence-corrected chi connectivity index (χ2v) is 6.43. The van der Waals surface area contributed by atoms with E-state index in [0.29, 0.717) is 24.9 Å².